The summed E-state index contributed by atoms with van der Waals surface area (Å²) < 4.78 is 9.43. The van der Waals surface area contributed by atoms with E-state index in [1.165, 1.54) is 21.5 Å². The van der Waals surface area contributed by atoms with Crippen LogP contribution in [-0.2, 0) is 0 Å². The molecule has 2 aromatic heterocycles. The maximum atomic E-state index is 7.07. The van der Waals surface area contributed by atoms with Crippen molar-refractivity contribution in [3.05, 3.63) is 199 Å². The molecule has 0 aliphatic carbocycles. The summed E-state index contributed by atoms with van der Waals surface area (Å²) in [6.07, 6.45) is 1.85. The first-order valence-electron chi connectivity index (χ1n) is 18.4. The highest BCUT2D eigenvalue weighted by atomic mass is 16.3. The predicted octanol–water partition coefficient (Wildman–Crippen LogP) is 13.2. The van der Waals surface area contributed by atoms with E-state index in [0.717, 1.165) is 66.1 Å². The Morgan fingerprint density at radius 1 is 0.574 bits per heavy atom. The highest BCUT2D eigenvalue weighted by Crippen LogP contribution is 2.41. The number of aromatic nitrogens is 1. The van der Waals surface area contributed by atoms with Crippen molar-refractivity contribution in [3.63, 3.8) is 0 Å². The Morgan fingerprint density at radius 3 is 1.98 bits per heavy atom. The molecule has 2 heterocycles. The third kappa shape index (κ3) is 5.14. The van der Waals surface area contributed by atoms with Crippen LogP contribution in [0.4, 0.5) is 0 Å². The number of nitrogens with zero attached hydrogens (tertiary/aromatic N) is 3. The lowest BCUT2D eigenvalue weighted by Crippen LogP contribution is -2.10. The second-order valence-corrected chi connectivity index (χ2v) is 13.8. The van der Waals surface area contributed by atoms with E-state index in [1.807, 2.05) is 30.3 Å². The quantitative estimate of drug-likeness (QED) is 0.126. The highest BCUT2D eigenvalue weighted by molar-refractivity contribution is 6.26. The first kappa shape index (κ1) is 31.7. The molecule has 0 fully saturated rings. The molecule has 1 unspecified atom stereocenters. The summed E-state index contributed by atoms with van der Waals surface area (Å²) >= 11 is 0. The number of amidine groups is 1. The molecule has 54 heavy (non-hydrogen) atoms. The molecule has 0 saturated carbocycles. The minimum absolute atomic E-state index is 0.130. The Bertz CT molecular complexity index is 3130. The Balaban J connectivity index is 1.32. The van der Waals surface area contributed by atoms with Gasteiger partial charge in [0.2, 0.25) is 0 Å². The molecule has 4 heteroatoms. The molecule has 0 amide bonds. The van der Waals surface area contributed by atoms with Gasteiger partial charge in [-0.2, -0.15) is 0 Å². The number of fused-ring (bicyclic) bond motifs is 9. The topological polar surface area (TPSA) is 42.8 Å². The van der Waals surface area contributed by atoms with E-state index in [4.69, 9.17) is 14.4 Å². The van der Waals surface area contributed by atoms with Crippen molar-refractivity contribution in [3.8, 4) is 5.69 Å². The summed E-state index contributed by atoms with van der Waals surface area (Å²) in [6.45, 7) is 6.49. The van der Waals surface area contributed by atoms with Crippen molar-refractivity contribution >= 4 is 76.8 Å². The van der Waals surface area contributed by atoms with Gasteiger partial charge in [-0.05, 0) is 71.1 Å². The van der Waals surface area contributed by atoms with Crippen molar-refractivity contribution in [1.82, 2.24) is 4.57 Å². The average molecular weight is 694 g/mol. The number of benzene rings is 8. The van der Waals surface area contributed by atoms with E-state index in [2.05, 4.69) is 164 Å². The van der Waals surface area contributed by atoms with Crippen LogP contribution in [0, 0.1) is 0 Å². The summed E-state index contributed by atoms with van der Waals surface area (Å²) in [4.78, 5) is 10.7. The minimum Gasteiger partial charge on any atom is -0.455 e. The first-order valence-corrected chi connectivity index (χ1v) is 18.4. The Kier molecular flexibility index (Phi) is 7.55. The van der Waals surface area contributed by atoms with Crippen LogP contribution in [0.2, 0.25) is 0 Å². The number of para-hydroxylation sites is 1. The van der Waals surface area contributed by atoms with Crippen molar-refractivity contribution in [2.24, 2.45) is 9.98 Å². The molecule has 8 aromatic carbocycles. The molecule has 10 rings (SSSR count). The molecule has 0 N–H and O–H groups in total. The molecule has 0 saturated heterocycles. The van der Waals surface area contributed by atoms with E-state index < -0.39 is 0 Å². The number of furan rings is 1. The molecular weight excluding hydrogens is 659 g/mol. The van der Waals surface area contributed by atoms with Crippen LogP contribution in [0.15, 0.2) is 197 Å². The van der Waals surface area contributed by atoms with Gasteiger partial charge in [0.05, 0.1) is 34.0 Å². The fourth-order valence-corrected chi connectivity index (χ4v) is 7.97. The van der Waals surface area contributed by atoms with Crippen LogP contribution >= 0.6 is 0 Å². The van der Waals surface area contributed by atoms with Gasteiger partial charge in [-0.3, -0.25) is 4.99 Å². The largest absolute Gasteiger partial charge is 0.455 e. The normalized spacial score (nSPS) is 13.1. The zero-order valence-electron chi connectivity index (χ0n) is 29.8. The molecular formula is C50H35N3O. The Morgan fingerprint density at radius 2 is 1.20 bits per heavy atom. The maximum Gasteiger partial charge on any atom is 0.155 e. The van der Waals surface area contributed by atoms with Gasteiger partial charge in [0.15, 0.2) is 5.84 Å². The summed E-state index contributed by atoms with van der Waals surface area (Å²) in [5, 5.41) is 9.03. The van der Waals surface area contributed by atoms with Gasteiger partial charge in [-0.25, -0.2) is 4.99 Å². The first-order chi connectivity index (χ1) is 26.7. The van der Waals surface area contributed by atoms with Crippen LogP contribution in [0.1, 0.15) is 29.7 Å². The van der Waals surface area contributed by atoms with Gasteiger partial charge in [0.25, 0.3) is 0 Å². The van der Waals surface area contributed by atoms with Crippen LogP contribution in [-0.4, -0.2) is 16.1 Å². The zero-order valence-corrected chi connectivity index (χ0v) is 29.8. The smallest absolute Gasteiger partial charge is 0.155 e. The molecule has 0 aliphatic rings. The second-order valence-electron chi connectivity index (χ2n) is 13.8. The van der Waals surface area contributed by atoms with Gasteiger partial charge in [-0.1, -0.05) is 140 Å². The van der Waals surface area contributed by atoms with Crippen molar-refractivity contribution < 1.29 is 4.42 Å². The second kappa shape index (κ2) is 12.9. The van der Waals surface area contributed by atoms with E-state index >= 15 is 0 Å². The maximum absolute atomic E-state index is 7.07. The number of allylic oxidation sites excluding steroid dienone is 1. The molecule has 1 atom stereocenters. The molecule has 0 bridgehead atoms. The number of aliphatic imine (C=N–C) groups is 2. The molecule has 4 nitrogen and oxygen atoms in total. The van der Waals surface area contributed by atoms with Gasteiger partial charge >= 0.3 is 0 Å². The molecule has 0 radical (unpaired) electrons. The van der Waals surface area contributed by atoms with Crippen molar-refractivity contribution in [2.75, 3.05) is 0 Å². The van der Waals surface area contributed by atoms with Gasteiger partial charge in [-0.15, -0.1) is 0 Å². The van der Waals surface area contributed by atoms with Crippen LogP contribution in [0.25, 0.3) is 71.0 Å². The van der Waals surface area contributed by atoms with Crippen LogP contribution < -0.4 is 0 Å². The van der Waals surface area contributed by atoms with E-state index in [-0.39, 0.29) is 6.04 Å². The SMILES string of the molecule is C=C/C(=N\C(=N/C(C)c1ccccc1)c1ccccc1)c1c(-n2c3ccccc3c3cc4ccccc4cc32)ccc2c1oc1c3ccccc3ccc21. The summed E-state index contributed by atoms with van der Waals surface area (Å²) in [5.74, 6) is 0.625. The summed E-state index contributed by atoms with van der Waals surface area (Å²) in [5.41, 5.74) is 8.34. The fourth-order valence-electron chi connectivity index (χ4n) is 7.97. The lowest BCUT2D eigenvalue weighted by atomic mass is 10.0. The van der Waals surface area contributed by atoms with Crippen molar-refractivity contribution in [1.29, 1.82) is 0 Å². The van der Waals surface area contributed by atoms with E-state index in [0.29, 0.717) is 11.5 Å². The highest BCUT2D eigenvalue weighted by Gasteiger charge is 2.24. The van der Waals surface area contributed by atoms with Crippen molar-refractivity contribution in [2.45, 2.75) is 13.0 Å². The fraction of sp³-hybridized carbons (Fsp3) is 0.0400. The van der Waals surface area contributed by atoms with Crippen LogP contribution in [0.5, 0.6) is 0 Å². The standard InChI is InChI=1S/C50H35N3O/c1-3-43(52-50(35-19-8-5-9-20-35)51-32(2)33-16-6-4-7-17-33)47-45(29-28-41-40-27-26-34-18-12-13-23-38(34)48(40)54-49(41)47)53-44-25-15-14-24-39(44)42-30-36-21-10-11-22-37(36)31-46(42)53/h3-32H,1H2,2H3/b51-50-,52-43+. The average Bonchev–Trinajstić information content (AvgIpc) is 3.77. The third-order valence-electron chi connectivity index (χ3n) is 10.6. The van der Waals surface area contributed by atoms with E-state index in [9.17, 15) is 0 Å². The predicted molar refractivity (Wildman–Crippen MR) is 228 cm³/mol. The van der Waals surface area contributed by atoms with Crippen LogP contribution in [0.3, 0.4) is 0 Å². The Labute approximate surface area is 312 Å². The van der Waals surface area contributed by atoms with Gasteiger partial charge in [0.1, 0.15) is 11.2 Å². The molecule has 10 aromatic rings. The number of rotatable bonds is 6. The molecule has 0 aliphatic heterocycles. The summed E-state index contributed by atoms with van der Waals surface area (Å²) in [6, 6.07) is 59.4. The lowest BCUT2D eigenvalue weighted by molar-refractivity contribution is 0.671. The zero-order chi connectivity index (χ0) is 36.2. The Hall–Kier alpha value is -7.04. The monoisotopic (exact) mass is 693 g/mol. The van der Waals surface area contributed by atoms with Gasteiger partial charge < -0.3 is 8.98 Å². The summed E-state index contributed by atoms with van der Waals surface area (Å²) in [7, 11) is 0. The lowest BCUT2D eigenvalue weighted by Gasteiger charge is -2.16. The number of hydrogen-bond donors (Lipinski definition) is 0. The third-order valence-corrected chi connectivity index (χ3v) is 10.6. The van der Waals surface area contributed by atoms with E-state index in [1.54, 1.807) is 0 Å². The minimum atomic E-state index is -0.130. The number of hydrogen-bond acceptors (Lipinski definition) is 2. The van der Waals surface area contributed by atoms with Gasteiger partial charge in [0, 0.05) is 32.5 Å². The molecule has 0 spiro atoms. The molecule has 256 valence electrons.